The number of rotatable bonds is 2. The number of hydrogen-bond acceptors (Lipinski definition) is 4. The smallest absolute Gasteiger partial charge is 0.243 e. The highest BCUT2D eigenvalue weighted by Gasteiger charge is 2.42. The molecule has 0 radical (unpaired) electrons. The number of nitrogens with zero attached hydrogens (tertiary/aromatic N) is 1. The van der Waals surface area contributed by atoms with Crippen LogP contribution >= 0.6 is 11.3 Å². The summed E-state index contributed by atoms with van der Waals surface area (Å²) >= 11 is 1.56. The number of thiazole rings is 1. The molecule has 1 aliphatic carbocycles. The summed E-state index contributed by atoms with van der Waals surface area (Å²) in [6.07, 6.45) is 3.73. The standard InChI is InChI=1S/C13H19N3OS/c1-7-8(2)18-13(15-7)16-12(17)11-10-5-3-4-9(10)6-14-11/h9-11,14H,3-6H2,1-2H3,(H,15,16,17). The Balaban J connectivity index is 1.68. The minimum absolute atomic E-state index is 0.0120. The quantitative estimate of drug-likeness (QED) is 0.861. The van der Waals surface area contributed by atoms with Crippen molar-refractivity contribution < 1.29 is 4.79 Å². The summed E-state index contributed by atoms with van der Waals surface area (Å²) < 4.78 is 0. The average molecular weight is 265 g/mol. The third-order valence-corrected chi connectivity index (χ3v) is 5.28. The molecule has 1 aliphatic heterocycles. The lowest BCUT2D eigenvalue weighted by atomic mass is 9.94. The zero-order chi connectivity index (χ0) is 12.7. The zero-order valence-electron chi connectivity index (χ0n) is 10.8. The van der Waals surface area contributed by atoms with Gasteiger partial charge >= 0.3 is 0 Å². The lowest BCUT2D eigenvalue weighted by molar-refractivity contribution is -0.118. The molecule has 1 amide bonds. The fourth-order valence-electron chi connectivity index (χ4n) is 3.18. The van der Waals surface area contributed by atoms with Gasteiger partial charge in [0.25, 0.3) is 0 Å². The second kappa shape index (κ2) is 4.63. The molecule has 5 heteroatoms. The van der Waals surface area contributed by atoms with Gasteiger partial charge in [0.2, 0.25) is 5.91 Å². The maximum Gasteiger partial charge on any atom is 0.243 e. The van der Waals surface area contributed by atoms with Crippen molar-refractivity contribution in [3.63, 3.8) is 0 Å². The van der Waals surface area contributed by atoms with Crippen molar-refractivity contribution in [3.05, 3.63) is 10.6 Å². The fraction of sp³-hybridized carbons (Fsp3) is 0.692. The maximum absolute atomic E-state index is 12.3. The third kappa shape index (κ3) is 2.06. The molecule has 0 spiro atoms. The van der Waals surface area contributed by atoms with Crippen LogP contribution in [0.3, 0.4) is 0 Å². The Kier molecular flexibility index (Phi) is 3.11. The summed E-state index contributed by atoms with van der Waals surface area (Å²) in [4.78, 5) is 17.8. The molecule has 4 nitrogen and oxygen atoms in total. The Morgan fingerprint density at radius 2 is 2.28 bits per heavy atom. The monoisotopic (exact) mass is 265 g/mol. The first-order valence-corrected chi connectivity index (χ1v) is 7.45. The molecule has 0 aromatic carbocycles. The van der Waals surface area contributed by atoms with Crippen molar-refractivity contribution in [2.24, 2.45) is 11.8 Å². The zero-order valence-corrected chi connectivity index (χ0v) is 11.6. The van der Waals surface area contributed by atoms with Crippen molar-refractivity contribution >= 4 is 22.4 Å². The van der Waals surface area contributed by atoms with Crippen molar-refractivity contribution in [1.29, 1.82) is 0 Å². The summed E-state index contributed by atoms with van der Waals surface area (Å²) in [6.45, 7) is 5.00. The lowest BCUT2D eigenvalue weighted by Gasteiger charge is -2.16. The first-order valence-electron chi connectivity index (χ1n) is 6.63. The molecule has 1 saturated carbocycles. The van der Waals surface area contributed by atoms with Crippen LogP contribution in [0.4, 0.5) is 5.13 Å². The Morgan fingerprint density at radius 1 is 1.44 bits per heavy atom. The van der Waals surface area contributed by atoms with Crippen LogP contribution in [0.1, 0.15) is 29.8 Å². The second-order valence-corrected chi connectivity index (χ2v) is 6.59. The lowest BCUT2D eigenvalue weighted by Crippen LogP contribution is -2.39. The Hall–Kier alpha value is -0.940. The highest BCUT2D eigenvalue weighted by Crippen LogP contribution is 2.38. The largest absolute Gasteiger partial charge is 0.305 e. The molecular weight excluding hydrogens is 246 g/mol. The van der Waals surface area contributed by atoms with E-state index in [2.05, 4.69) is 15.6 Å². The molecule has 0 bridgehead atoms. The van der Waals surface area contributed by atoms with Gasteiger partial charge in [-0.1, -0.05) is 6.42 Å². The van der Waals surface area contributed by atoms with E-state index in [1.165, 1.54) is 24.1 Å². The molecule has 2 N–H and O–H groups in total. The Morgan fingerprint density at radius 3 is 3.00 bits per heavy atom. The maximum atomic E-state index is 12.3. The third-order valence-electron chi connectivity index (χ3n) is 4.29. The fourth-order valence-corrected chi connectivity index (χ4v) is 4.00. The van der Waals surface area contributed by atoms with Crippen LogP contribution in [0.5, 0.6) is 0 Å². The minimum Gasteiger partial charge on any atom is -0.305 e. The molecule has 98 valence electrons. The number of aryl methyl sites for hydroxylation is 2. The minimum atomic E-state index is -0.0120. The normalized spacial score (nSPS) is 30.4. The van der Waals surface area contributed by atoms with Gasteiger partial charge in [0.05, 0.1) is 11.7 Å². The van der Waals surface area contributed by atoms with Gasteiger partial charge in [0.1, 0.15) is 0 Å². The molecule has 3 rings (SSSR count). The van der Waals surface area contributed by atoms with Gasteiger partial charge in [0, 0.05) is 4.88 Å². The Labute approximate surface area is 111 Å². The van der Waals surface area contributed by atoms with Crippen molar-refractivity contribution in [1.82, 2.24) is 10.3 Å². The first kappa shape index (κ1) is 12.1. The van der Waals surface area contributed by atoms with Gasteiger partial charge in [-0.05, 0) is 45.1 Å². The topological polar surface area (TPSA) is 54.0 Å². The predicted octanol–water partition coefficient (Wildman–Crippen LogP) is 2.09. The number of anilines is 1. The van der Waals surface area contributed by atoms with E-state index in [9.17, 15) is 4.79 Å². The molecule has 2 aliphatic rings. The van der Waals surface area contributed by atoms with E-state index in [0.29, 0.717) is 11.8 Å². The van der Waals surface area contributed by atoms with E-state index in [-0.39, 0.29) is 11.9 Å². The molecule has 2 fully saturated rings. The molecule has 1 aromatic rings. The number of carbonyl (C=O) groups excluding carboxylic acids is 1. The van der Waals surface area contributed by atoms with Crippen LogP contribution in [0, 0.1) is 25.7 Å². The van der Waals surface area contributed by atoms with E-state index in [1.54, 1.807) is 11.3 Å². The van der Waals surface area contributed by atoms with Gasteiger partial charge in [-0.15, -0.1) is 11.3 Å². The van der Waals surface area contributed by atoms with Gasteiger partial charge < -0.3 is 10.6 Å². The highest BCUT2D eigenvalue weighted by atomic mass is 32.1. The number of carbonyl (C=O) groups is 1. The Bertz CT molecular complexity index is 451. The van der Waals surface area contributed by atoms with Gasteiger partial charge in [-0.3, -0.25) is 4.79 Å². The van der Waals surface area contributed by atoms with Crippen LogP contribution < -0.4 is 10.6 Å². The van der Waals surface area contributed by atoms with E-state index in [0.717, 1.165) is 17.4 Å². The SMILES string of the molecule is Cc1nc(NC(=O)C2NCC3CCCC32)sc1C. The summed E-state index contributed by atoms with van der Waals surface area (Å²) in [5.41, 5.74) is 1.01. The summed E-state index contributed by atoms with van der Waals surface area (Å²) in [5, 5.41) is 7.06. The molecular formula is C13H19N3OS. The highest BCUT2D eigenvalue weighted by molar-refractivity contribution is 7.15. The summed E-state index contributed by atoms with van der Waals surface area (Å²) in [5.74, 6) is 1.34. The van der Waals surface area contributed by atoms with Crippen LogP contribution in [-0.2, 0) is 4.79 Å². The number of nitrogens with one attached hydrogen (secondary N) is 2. The molecule has 2 heterocycles. The van der Waals surface area contributed by atoms with E-state index >= 15 is 0 Å². The van der Waals surface area contributed by atoms with Gasteiger partial charge in [-0.2, -0.15) is 0 Å². The molecule has 18 heavy (non-hydrogen) atoms. The van der Waals surface area contributed by atoms with E-state index < -0.39 is 0 Å². The van der Waals surface area contributed by atoms with Crippen molar-refractivity contribution in [2.45, 2.75) is 39.2 Å². The number of amides is 1. The van der Waals surface area contributed by atoms with Gasteiger partial charge in [0.15, 0.2) is 5.13 Å². The first-order chi connectivity index (χ1) is 8.65. The number of aromatic nitrogens is 1. The van der Waals surface area contributed by atoms with E-state index in [4.69, 9.17) is 0 Å². The van der Waals surface area contributed by atoms with Crippen LogP contribution in [0.15, 0.2) is 0 Å². The molecule has 3 atom stereocenters. The van der Waals surface area contributed by atoms with Crippen molar-refractivity contribution in [3.8, 4) is 0 Å². The van der Waals surface area contributed by atoms with Crippen LogP contribution in [0.2, 0.25) is 0 Å². The number of fused-ring (bicyclic) bond motifs is 1. The summed E-state index contributed by atoms with van der Waals surface area (Å²) in [7, 11) is 0. The van der Waals surface area contributed by atoms with Gasteiger partial charge in [-0.25, -0.2) is 4.98 Å². The number of hydrogen-bond donors (Lipinski definition) is 2. The molecule has 3 unspecified atom stereocenters. The molecule has 1 aromatic heterocycles. The summed E-state index contributed by atoms with van der Waals surface area (Å²) in [6, 6.07) is -0.0120. The average Bonchev–Trinajstić information content (AvgIpc) is 2.95. The van der Waals surface area contributed by atoms with Crippen LogP contribution in [-0.4, -0.2) is 23.5 Å². The predicted molar refractivity (Wildman–Crippen MR) is 72.8 cm³/mol. The second-order valence-electron chi connectivity index (χ2n) is 5.39. The van der Waals surface area contributed by atoms with Crippen LogP contribution in [0.25, 0.3) is 0 Å². The molecule has 1 saturated heterocycles. The van der Waals surface area contributed by atoms with E-state index in [1.807, 2.05) is 13.8 Å². The van der Waals surface area contributed by atoms with Crippen molar-refractivity contribution in [2.75, 3.05) is 11.9 Å².